The van der Waals surface area contributed by atoms with Gasteiger partial charge < -0.3 is 10.1 Å². The zero-order valence-corrected chi connectivity index (χ0v) is 10.7. The first kappa shape index (κ1) is 11.5. The number of benzene rings is 1. The molecule has 0 spiro atoms. The first-order chi connectivity index (χ1) is 8.31. The summed E-state index contributed by atoms with van der Waals surface area (Å²) in [5.41, 5.74) is 2.87. The second-order valence-electron chi connectivity index (χ2n) is 5.16. The van der Waals surface area contributed by atoms with Crippen molar-refractivity contribution in [3.05, 3.63) is 34.3 Å². The molecule has 0 saturated carbocycles. The van der Waals surface area contributed by atoms with E-state index in [0.29, 0.717) is 12.0 Å². The fraction of sp³-hybridized carbons (Fsp3) is 0.571. The lowest BCUT2D eigenvalue weighted by Gasteiger charge is -2.14. The van der Waals surface area contributed by atoms with Crippen molar-refractivity contribution in [3.8, 4) is 0 Å². The Bertz CT molecular complexity index is 401. The maximum absolute atomic E-state index is 6.01. The molecule has 2 nitrogen and oxygen atoms in total. The van der Waals surface area contributed by atoms with Gasteiger partial charge in [-0.2, -0.15) is 0 Å². The molecule has 2 unspecified atom stereocenters. The maximum Gasteiger partial charge on any atom is 0.0507 e. The van der Waals surface area contributed by atoms with Gasteiger partial charge in [0.15, 0.2) is 0 Å². The van der Waals surface area contributed by atoms with E-state index in [1.807, 2.05) is 6.07 Å². The molecular formula is C14H18ClNO. The minimum absolute atomic E-state index is 0.587. The second-order valence-corrected chi connectivity index (χ2v) is 5.59. The van der Waals surface area contributed by atoms with Crippen LogP contribution < -0.4 is 5.32 Å². The first-order valence-corrected chi connectivity index (χ1v) is 6.77. The molecule has 1 saturated heterocycles. The average Bonchev–Trinajstić information content (AvgIpc) is 2.94. The standard InChI is InChI=1S/C14H18ClNO/c15-13-2-1-11-6-14(7-12(11)5-13)16-8-10-3-4-17-9-10/h1-2,5,10,14,16H,3-4,6-9H2. The topological polar surface area (TPSA) is 21.3 Å². The summed E-state index contributed by atoms with van der Waals surface area (Å²) in [5, 5.41) is 4.52. The molecule has 3 heteroatoms. The summed E-state index contributed by atoms with van der Waals surface area (Å²) in [6.07, 6.45) is 3.46. The molecule has 1 aromatic carbocycles. The molecule has 92 valence electrons. The van der Waals surface area contributed by atoms with Crippen molar-refractivity contribution in [2.24, 2.45) is 5.92 Å². The first-order valence-electron chi connectivity index (χ1n) is 6.39. The fourth-order valence-corrected chi connectivity index (χ4v) is 3.00. The van der Waals surface area contributed by atoms with Gasteiger partial charge in [-0.25, -0.2) is 0 Å². The van der Waals surface area contributed by atoms with Crippen LogP contribution in [0.25, 0.3) is 0 Å². The van der Waals surface area contributed by atoms with Crippen LogP contribution in [0.2, 0.25) is 5.02 Å². The Morgan fingerprint density at radius 3 is 3.00 bits per heavy atom. The molecule has 1 heterocycles. The van der Waals surface area contributed by atoms with Crippen molar-refractivity contribution in [3.63, 3.8) is 0 Å². The average molecular weight is 252 g/mol. The number of halogens is 1. The maximum atomic E-state index is 6.01. The zero-order chi connectivity index (χ0) is 11.7. The zero-order valence-electron chi connectivity index (χ0n) is 9.92. The van der Waals surface area contributed by atoms with Crippen LogP contribution in [0.4, 0.5) is 0 Å². The molecule has 1 aliphatic heterocycles. The highest BCUT2D eigenvalue weighted by atomic mass is 35.5. The molecule has 1 fully saturated rings. The molecule has 17 heavy (non-hydrogen) atoms. The van der Waals surface area contributed by atoms with Gasteiger partial charge in [0, 0.05) is 24.2 Å². The largest absolute Gasteiger partial charge is 0.381 e. The Morgan fingerprint density at radius 2 is 2.18 bits per heavy atom. The predicted octanol–water partition coefficient (Wildman–Crippen LogP) is 2.43. The second kappa shape index (κ2) is 4.97. The molecule has 1 aromatic rings. The highest BCUT2D eigenvalue weighted by Gasteiger charge is 2.23. The van der Waals surface area contributed by atoms with E-state index < -0.39 is 0 Å². The number of ether oxygens (including phenoxy) is 1. The highest BCUT2D eigenvalue weighted by Crippen LogP contribution is 2.25. The van der Waals surface area contributed by atoms with Crippen molar-refractivity contribution in [1.82, 2.24) is 5.32 Å². The summed E-state index contributed by atoms with van der Waals surface area (Å²) >= 11 is 6.01. The third kappa shape index (κ3) is 2.65. The minimum Gasteiger partial charge on any atom is -0.381 e. The Morgan fingerprint density at radius 1 is 1.29 bits per heavy atom. The van der Waals surface area contributed by atoms with Gasteiger partial charge in [-0.1, -0.05) is 17.7 Å². The summed E-state index contributed by atoms with van der Waals surface area (Å²) in [6.45, 7) is 2.96. The van der Waals surface area contributed by atoms with Crippen LogP contribution in [-0.4, -0.2) is 25.8 Å². The molecule has 2 aliphatic rings. The van der Waals surface area contributed by atoms with Crippen LogP contribution in [0.15, 0.2) is 18.2 Å². The Kier molecular flexibility index (Phi) is 3.37. The molecule has 0 amide bonds. The van der Waals surface area contributed by atoms with Gasteiger partial charge in [0.25, 0.3) is 0 Å². The Balaban J connectivity index is 1.55. The number of nitrogens with one attached hydrogen (secondary N) is 1. The molecule has 3 rings (SSSR count). The van der Waals surface area contributed by atoms with E-state index in [1.165, 1.54) is 17.5 Å². The Hall–Kier alpha value is -0.570. The van der Waals surface area contributed by atoms with Gasteiger partial charge in [0.2, 0.25) is 0 Å². The van der Waals surface area contributed by atoms with Crippen molar-refractivity contribution in [1.29, 1.82) is 0 Å². The smallest absolute Gasteiger partial charge is 0.0507 e. The van der Waals surface area contributed by atoms with Gasteiger partial charge in [-0.05, 0) is 48.4 Å². The van der Waals surface area contributed by atoms with Gasteiger partial charge in [0.1, 0.15) is 0 Å². The molecular weight excluding hydrogens is 234 g/mol. The summed E-state index contributed by atoms with van der Waals surface area (Å²) in [7, 11) is 0. The van der Waals surface area contributed by atoms with E-state index in [4.69, 9.17) is 16.3 Å². The van der Waals surface area contributed by atoms with Crippen molar-refractivity contribution in [2.45, 2.75) is 25.3 Å². The van der Waals surface area contributed by atoms with E-state index in [2.05, 4.69) is 17.4 Å². The van der Waals surface area contributed by atoms with Gasteiger partial charge in [-0.15, -0.1) is 0 Å². The number of hydrogen-bond acceptors (Lipinski definition) is 2. The van der Waals surface area contributed by atoms with Crippen molar-refractivity contribution >= 4 is 11.6 Å². The molecule has 0 bridgehead atoms. The minimum atomic E-state index is 0.587. The van der Waals surface area contributed by atoms with E-state index in [1.54, 1.807) is 0 Å². The normalized spacial score (nSPS) is 27.4. The lowest BCUT2D eigenvalue weighted by Crippen LogP contribution is -2.34. The van der Waals surface area contributed by atoms with Crippen LogP contribution in [-0.2, 0) is 17.6 Å². The van der Waals surface area contributed by atoms with Crippen LogP contribution >= 0.6 is 11.6 Å². The number of rotatable bonds is 3. The van der Waals surface area contributed by atoms with Crippen molar-refractivity contribution < 1.29 is 4.74 Å². The molecule has 0 radical (unpaired) electrons. The van der Waals surface area contributed by atoms with E-state index in [0.717, 1.165) is 37.6 Å². The predicted molar refractivity (Wildman–Crippen MR) is 69.6 cm³/mol. The Labute approximate surface area is 107 Å². The van der Waals surface area contributed by atoms with Gasteiger partial charge in [0.05, 0.1) is 6.61 Å². The monoisotopic (exact) mass is 251 g/mol. The highest BCUT2D eigenvalue weighted by molar-refractivity contribution is 6.30. The summed E-state index contributed by atoms with van der Waals surface area (Å²) in [6, 6.07) is 6.85. The van der Waals surface area contributed by atoms with Crippen molar-refractivity contribution in [2.75, 3.05) is 19.8 Å². The lowest BCUT2D eigenvalue weighted by molar-refractivity contribution is 0.184. The van der Waals surface area contributed by atoms with Crippen LogP contribution in [0.3, 0.4) is 0 Å². The van der Waals surface area contributed by atoms with Crippen LogP contribution in [0.1, 0.15) is 17.5 Å². The van der Waals surface area contributed by atoms with E-state index in [-0.39, 0.29) is 0 Å². The number of hydrogen-bond donors (Lipinski definition) is 1. The third-order valence-electron chi connectivity index (χ3n) is 3.82. The van der Waals surface area contributed by atoms with E-state index in [9.17, 15) is 0 Å². The molecule has 2 atom stereocenters. The fourth-order valence-electron chi connectivity index (χ4n) is 2.81. The molecule has 1 N–H and O–H groups in total. The summed E-state index contributed by atoms with van der Waals surface area (Å²) in [4.78, 5) is 0. The lowest BCUT2D eigenvalue weighted by atomic mass is 10.1. The van der Waals surface area contributed by atoms with Crippen LogP contribution in [0, 0.1) is 5.92 Å². The molecule has 0 aromatic heterocycles. The van der Waals surface area contributed by atoms with E-state index >= 15 is 0 Å². The van der Waals surface area contributed by atoms with Gasteiger partial charge >= 0.3 is 0 Å². The SMILES string of the molecule is Clc1ccc2c(c1)CC(NCC1CCOC1)C2. The quantitative estimate of drug-likeness (QED) is 0.891. The summed E-state index contributed by atoms with van der Waals surface area (Å²) in [5.74, 6) is 0.710. The summed E-state index contributed by atoms with van der Waals surface area (Å²) < 4.78 is 5.39. The number of fused-ring (bicyclic) bond motifs is 1. The third-order valence-corrected chi connectivity index (χ3v) is 4.06. The van der Waals surface area contributed by atoms with Crippen LogP contribution in [0.5, 0.6) is 0 Å². The molecule has 1 aliphatic carbocycles. The van der Waals surface area contributed by atoms with Gasteiger partial charge in [-0.3, -0.25) is 0 Å².